The van der Waals surface area contributed by atoms with Gasteiger partial charge in [0.05, 0.1) is 0 Å². The summed E-state index contributed by atoms with van der Waals surface area (Å²) in [5, 5.41) is 6.32. The van der Waals surface area contributed by atoms with Gasteiger partial charge in [-0.3, -0.25) is 4.90 Å². The summed E-state index contributed by atoms with van der Waals surface area (Å²) in [6.07, 6.45) is 2.48. The van der Waals surface area contributed by atoms with Gasteiger partial charge in [0.25, 0.3) is 0 Å². The third kappa shape index (κ3) is 4.39. The number of aryl methyl sites for hydroxylation is 1. The summed E-state index contributed by atoms with van der Waals surface area (Å²) in [5.74, 6) is 0. The van der Waals surface area contributed by atoms with E-state index in [1.807, 2.05) is 0 Å². The minimum absolute atomic E-state index is 0. The Morgan fingerprint density at radius 2 is 1.65 bits per heavy atom. The van der Waals surface area contributed by atoms with Crippen molar-refractivity contribution in [1.82, 2.24) is 10.2 Å². The molecule has 2 aromatic rings. The molecule has 1 heterocycles. The molecule has 0 unspecified atom stereocenters. The van der Waals surface area contributed by atoms with Crippen LogP contribution in [0.2, 0.25) is 0 Å². The predicted molar refractivity (Wildman–Crippen MR) is 105 cm³/mol. The average molecular weight is 355 g/mol. The molecular weight excluding hydrogens is 327 g/mol. The van der Waals surface area contributed by atoms with Crippen LogP contribution < -0.4 is 5.32 Å². The first-order chi connectivity index (χ1) is 10.3. The molecule has 0 radical (unpaired) electrons. The zero-order valence-corrected chi connectivity index (χ0v) is 15.7. The summed E-state index contributed by atoms with van der Waals surface area (Å²) >= 11 is 0. The second-order valence-corrected chi connectivity index (χ2v) is 6.11. The van der Waals surface area contributed by atoms with Crippen LogP contribution in [0.1, 0.15) is 36.9 Å². The standard InChI is InChI=1S/C19H26N2.2ClH/c1-3-6-19(21-13-11-20-12-14-21)18-10-9-15(2)16-7-4-5-8-17(16)18;;/h4-5,7-10,19-20H,3,6,11-14H2,1-2H3;2*1H/t19-;;/m1../s1. The Hall–Kier alpha value is -0.800. The number of nitrogens with zero attached hydrogens (tertiary/aromatic N) is 1. The minimum atomic E-state index is 0. The Balaban J connectivity index is 0.00000132. The van der Waals surface area contributed by atoms with Crippen LogP contribution in [0.15, 0.2) is 36.4 Å². The highest BCUT2D eigenvalue weighted by Gasteiger charge is 2.23. The summed E-state index contributed by atoms with van der Waals surface area (Å²) in [4.78, 5) is 2.66. The van der Waals surface area contributed by atoms with Gasteiger partial charge in [0.15, 0.2) is 0 Å². The number of hydrogen-bond donors (Lipinski definition) is 1. The molecule has 4 heteroatoms. The Kier molecular flexibility index (Phi) is 8.35. The molecule has 128 valence electrons. The summed E-state index contributed by atoms with van der Waals surface area (Å²) in [7, 11) is 0. The minimum Gasteiger partial charge on any atom is -0.314 e. The van der Waals surface area contributed by atoms with Crippen molar-refractivity contribution in [2.75, 3.05) is 26.2 Å². The van der Waals surface area contributed by atoms with Gasteiger partial charge in [-0.25, -0.2) is 0 Å². The first-order valence-corrected chi connectivity index (χ1v) is 8.24. The maximum Gasteiger partial charge on any atom is 0.0355 e. The number of halogens is 2. The van der Waals surface area contributed by atoms with Crippen molar-refractivity contribution < 1.29 is 0 Å². The van der Waals surface area contributed by atoms with Crippen molar-refractivity contribution in [3.8, 4) is 0 Å². The number of benzene rings is 2. The topological polar surface area (TPSA) is 15.3 Å². The highest BCUT2D eigenvalue weighted by atomic mass is 35.5. The third-order valence-corrected chi connectivity index (χ3v) is 4.69. The molecule has 0 aliphatic carbocycles. The van der Waals surface area contributed by atoms with Gasteiger partial charge in [-0.1, -0.05) is 49.7 Å². The van der Waals surface area contributed by atoms with Gasteiger partial charge in [-0.15, -0.1) is 24.8 Å². The smallest absolute Gasteiger partial charge is 0.0355 e. The van der Waals surface area contributed by atoms with Crippen LogP contribution in [0, 0.1) is 6.92 Å². The van der Waals surface area contributed by atoms with Gasteiger partial charge in [0.2, 0.25) is 0 Å². The van der Waals surface area contributed by atoms with E-state index in [1.165, 1.54) is 34.7 Å². The summed E-state index contributed by atoms with van der Waals surface area (Å²) in [6.45, 7) is 9.06. The molecule has 0 aromatic heterocycles. The fraction of sp³-hybridized carbons (Fsp3) is 0.474. The van der Waals surface area contributed by atoms with Crippen LogP contribution in [0.4, 0.5) is 0 Å². The number of rotatable bonds is 4. The Morgan fingerprint density at radius 1 is 1.00 bits per heavy atom. The summed E-state index contributed by atoms with van der Waals surface area (Å²) in [5.41, 5.74) is 2.89. The zero-order chi connectivity index (χ0) is 14.7. The fourth-order valence-electron chi connectivity index (χ4n) is 3.57. The van der Waals surface area contributed by atoms with Crippen LogP contribution in [0.5, 0.6) is 0 Å². The molecular formula is C19H28Cl2N2. The lowest BCUT2D eigenvalue weighted by Gasteiger charge is -2.36. The SMILES string of the molecule is CCC[C@H](c1ccc(C)c2ccccc12)N1CCNCC1.Cl.Cl. The molecule has 1 atom stereocenters. The van der Waals surface area contributed by atoms with Crippen LogP contribution in [0.3, 0.4) is 0 Å². The normalized spacial score (nSPS) is 16.4. The van der Waals surface area contributed by atoms with E-state index in [1.54, 1.807) is 0 Å². The molecule has 0 spiro atoms. The van der Waals surface area contributed by atoms with E-state index in [0.717, 1.165) is 26.2 Å². The quantitative estimate of drug-likeness (QED) is 0.852. The maximum atomic E-state index is 3.47. The van der Waals surface area contributed by atoms with Gasteiger partial charge in [-0.05, 0) is 35.2 Å². The molecule has 0 amide bonds. The number of nitrogens with one attached hydrogen (secondary N) is 1. The molecule has 1 fully saturated rings. The number of hydrogen-bond acceptors (Lipinski definition) is 2. The van der Waals surface area contributed by atoms with Gasteiger partial charge < -0.3 is 5.32 Å². The van der Waals surface area contributed by atoms with Crippen LogP contribution in [-0.4, -0.2) is 31.1 Å². The van der Waals surface area contributed by atoms with Gasteiger partial charge in [0.1, 0.15) is 0 Å². The van der Waals surface area contributed by atoms with Crippen molar-refractivity contribution in [1.29, 1.82) is 0 Å². The molecule has 1 N–H and O–H groups in total. The Labute approximate surface area is 152 Å². The highest BCUT2D eigenvalue weighted by molar-refractivity contribution is 5.89. The summed E-state index contributed by atoms with van der Waals surface area (Å²) in [6, 6.07) is 14.1. The van der Waals surface area contributed by atoms with Crippen molar-refractivity contribution in [3.63, 3.8) is 0 Å². The largest absolute Gasteiger partial charge is 0.314 e. The molecule has 2 aromatic carbocycles. The lowest BCUT2D eigenvalue weighted by atomic mass is 9.92. The Morgan fingerprint density at radius 3 is 2.30 bits per heavy atom. The van der Waals surface area contributed by atoms with Crippen LogP contribution in [-0.2, 0) is 0 Å². The molecule has 1 saturated heterocycles. The fourth-order valence-corrected chi connectivity index (χ4v) is 3.57. The average Bonchev–Trinajstić information content (AvgIpc) is 2.55. The summed E-state index contributed by atoms with van der Waals surface area (Å²) < 4.78 is 0. The van der Waals surface area contributed by atoms with E-state index in [9.17, 15) is 0 Å². The van der Waals surface area contributed by atoms with Crippen molar-refractivity contribution in [3.05, 3.63) is 47.5 Å². The first kappa shape index (κ1) is 20.2. The highest BCUT2D eigenvalue weighted by Crippen LogP contribution is 2.33. The molecule has 1 aliphatic heterocycles. The zero-order valence-electron chi connectivity index (χ0n) is 14.0. The second-order valence-electron chi connectivity index (χ2n) is 6.11. The van der Waals surface area contributed by atoms with E-state index in [4.69, 9.17) is 0 Å². The Bertz CT molecular complexity index is 609. The molecule has 0 saturated carbocycles. The van der Waals surface area contributed by atoms with Crippen molar-refractivity contribution >= 4 is 35.6 Å². The molecule has 23 heavy (non-hydrogen) atoms. The van der Waals surface area contributed by atoms with Gasteiger partial charge >= 0.3 is 0 Å². The van der Waals surface area contributed by atoms with E-state index in [0.29, 0.717) is 6.04 Å². The van der Waals surface area contributed by atoms with Crippen molar-refractivity contribution in [2.24, 2.45) is 0 Å². The number of fused-ring (bicyclic) bond motifs is 1. The van der Waals surface area contributed by atoms with Crippen LogP contribution in [0.25, 0.3) is 10.8 Å². The van der Waals surface area contributed by atoms with E-state index in [2.05, 4.69) is 60.5 Å². The van der Waals surface area contributed by atoms with E-state index in [-0.39, 0.29) is 24.8 Å². The van der Waals surface area contributed by atoms with Crippen molar-refractivity contribution in [2.45, 2.75) is 32.7 Å². The molecule has 3 rings (SSSR count). The lowest BCUT2D eigenvalue weighted by molar-refractivity contribution is 0.165. The predicted octanol–water partition coefficient (Wildman–Crippen LogP) is 4.74. The van der Waals surface area contributed by atoms with Crippen LogP contribution >= 0.6 is 24.8 Å². The van der Waals surface area contributed by atoms with Gasteiger partial charge in [0, 0.05) is 32.2 Å². The first-order valence-electron chi connectivity index (χ1n) is 8.24. The monoisotopic (exact) mass is 354 g/mol. The molecule has 1 aliphatic rings. The second kappa shape index (κ2) is 9.48. The molecule has 0 bridgehead atoms. The third-order valence-electron chi connectivity index (χ3n) is 4.69. The van der Waals surface area contributed by atoms with E-state index >= 15 is 0 Å². The molecule has 2 nitrogen and oxygen atoms in total. The van der Waals surface area contributed by atoms with E-state index < -0.39 is 0 Å². The lowest BCUT2D eigenvalue weighted by Crippen LogP contribution is -2.45. The maximum absolute atomic E-state index is 3.47. The van der Waals surface area contributed by atoms with Gasteiger partial charge in [-0.2, -0.15) is 0 Å². The number of piperazine rings is 1.